The number of pyridine rings is 1. The van der Waals surface area contributed by atoms with Crippen LogP contribution in [0.5, 0.6) is 0 Å². The molecule has 0 saturated carbocycles. The van der Waals surface area contributed by atoms with E-state index in [0.29, 0.717) is 12.5 Å². The lowest BCUT2D eigenvalue weighted by Crippen LogP contribution is -2.44. The molecule has 0 radical (unpaired) electrons. The number of carbonyl (C=O) groups excluding carboxylic acids is 1. The van der Waals surface area contributed by atoms with Gasteiger partial charge < -0.3 is 10.2 Å². The Morgan fingerprint density at radius 2 is 2.15 bits per heavy atom. The number of aryl methyl sites for hydroxylation is 2. The van der Waals surface area contributed by atoms with E-state index in [2.05, 4.69) is 37.1 Å². The zero-order chi connectivity index (χ0) is 18.5. The van der Waals surface area contributed by atoms with Gasteiger partial charge in [0.15, 0.2) is 0 Å². The van der Waals surface area contributed by atoms with Crippen LogP contribution in [0.3, 0.4) is 0 Å². The minimum atomic E-state index is 0.282. The van der Waals surface area contributed by atoms with E-state index in [0.717, 1.165) is 69.7 Å². The van der Waals surface area contributed by atoms with Crippen LogP contribution in [0.1, 0.15) is 49.2 Å². The Morgan fingerprint density at radius 3 is 3.00 bits per heavy atom. The molecule has 4 rings (SSSR count). The molecule has 27 heavy (non-hydrogen) atoms. The smallest absolute Gasteiger partial charge is 0.223 e. The Morgan fingerprint density at radius 1 is 1.19 bits per heavy atom. The van der Waals surface area contributed by atoms with Gasteiger partial charge in [-0.15, -0.1) is 0 Å². The standard InChI is InChI=1S/C21H29N5O/c27-21(10-8-18-15-20-16-22-12-14-26(20)24-18)25-13-4-2-6-19(25)9-7-17-5-1-3-11-23-17/h1,3,5,11,15,19,22H,2,4,6-10,12-14,16H2/t19-/m0/s1. The number of aromatic nitrogens is 3. The van der Waals surface area contributed by atoms with Gasteiger partial charge in [0.2, 0.25) is 5.91 Å². The Kier molecular flexibility index (Phi) is 5.82. The fraction of sp³-hybridized carbons (Fsp3) is 0.571. The fourth-order valence-electron chi connectivity index (χ4n) is 4.24. The van der Waals surface area contributed by atoms with Gasteiger partial charge >= 0.3 is 0 Å². The van der Waals surface area contributed by atoms with Crippen LogP contribution in [0, 0.1) is 0 Å². The van der Waals surface area contributed by atoms with E-state index in [-0.39, 0.29) is 5.91 Å². The number of hydrogen-bond acceptors (Lipinski definition) is 4. The van der Waals surface area contributed by atoms with E-state index in [1.165, 1.54) is 12.1 Å². The van der Waals surface area contributed by atoms with Crippen molar-refractivity contribution in [3.8, 4) is 0 Å². The maximum Gasteiger partial charge on any atom is 0.223 e. The van der Waals surface area contributed by atoms with Crippen LogP contribution in [0.25, 0.3) is 0 Å². The van der Waals surface area contributed by atoms with Crippen molar-refractivity contribution < 1.29 is 4.79 Å². The van der Waals surface area contributed by atoms with Crippen molar-refractivity contribution in [2.75, 3.05) is 13.1 Å². The topological polar surface area (TPSA) is 63.1 Å². The highest BCUT2D eigenvalue weighted by Gasteiger charge is 2.26. The Hall–Kier alpha value is -2.21. The summed E-state index contributed by atoms with van der Waals surface area (Å²) in [4.78, 5) is 19.5. The molecule has 2 aliphatic heterocycles. The molecule has 1 amide bonds. The quantitative estimate of drug-likeness (QED) is 0.851. The molecule has 0 unspecified atom stereocenters. The molecule has 6 nitrogen and oxygen atoms in total. The first kappa shape index (κ1) is 18.2. The summed E-state index contributed by atoms with van der Waals surface area (Å²) in [6.45, 7) is 3.67. The molecule has 0 aliphatic carbocycles. The van der Waals surface area contributed by atoms with E-state index in [1.807, 2.05) is 18.3 Å². The minimum Gasteiger partial charge on any atom is -0.340 e. The summed E-state index contributed by atoms with van der Waals surface area (Å²) >= 11 is 0. The summed E-state index contributed by atoms with van der Waals surface area (Å²) in [5, 5.41) is 8.02. The maximum absolute atomic E-state index is 12.9. The van der Waals surface area contributed by atoms with Crippen LogP contribution in [-0.2, 0) is 30.7 Å². The van der Waals surface area contributed by atoms with Crippen molar-refractivity contribution in [3.63, 3.8) is 0 Å². The molecule has 0 spiro atoms. The summed E-state index contributed by atoms with van der Waals surface area (Å²) in [5.74, 6) is 0.282. The molecule has 1 N–H and O–H groups in total. The van der Waals surface area contributed by atoms with E-state index in [1.54, 1.807) is 0 Å². The predicted octanol–water partition coefficient (Wildman–Crippen LogP) is 2.33. The molecule has 2 aromatic rings. The number of carbonyl (C=O) groups is 1. The van der Waals surface area contributed by atoms with Crippen LogP contribution >= 0.6 is 0 Å². The number of likely N-dealkylation sites (tertiary alicyclic amines) is 1. The van der Waals surface area contributed by atoms with Gasteiger partial charge in [0.1, 0.15) is 0 Å². The minimum absolute atomic E-state index is 0.282. The molecule has 1 fully saturated rings. The van der Waals surface area contributed by atoms with E-state index in [4.69, 9.17) is 0 Å². The van der Waals surface area contributed by atoms with Crippen molar-refractivity contribution in [2.45, 2.75) is 64.1 Å². The lowest BCUT2D eigenvalue weighted by Gasteiger charge is -2.36. The first-order valence-corrected chi connectivity index (χ1v) is 10.3. The maximum atomic E-state index is 12.9. The molecule has 2 aliphatic rings. The zero-order valence-electron chi connectivity index (χ0n) is 15.9. The van der Waals surface area contributed by atoms with E-state index < -0.39 is 0 Å². The number of fused-ring (bicyclic) bond motifs is 1. The van der Waals surface area contributed by atoms with Crippen molar-refractivity contribution in [2.24, 2.45) is 0 Å². The molecule has 6 heteroatoms. The normalized spacial score (nSPS) is 19.7. The predicted molar refractivity (Wildman–Crippen MR) is 104 cm³/mol. The first-order valence-electron chi connectivity index (χ1n) is 10.3. The average molecular weight is 367 g/mol. The highest BCUT2D eigenvalue weighted by Crippen LogP contribution is 2.22. The van der Waals surface area contributed by atoms with Gasteiger partial charge in [0.05, 0.1) is 17.9 Å². The molecule has 144 valence electrons. The third-order valence-corrected chi connectivity index (χ3v) is 5.72. The summed E-state index contributed by atoms with van der Waals surface area (Å²) in [6.07, 6.45) is 8.55. The Labute approximate surface area is 161 Å². The third kappa shape index (κ3) is 4.56. The summed E-state index contributed by atoms with van der Waals surface area (Å²) < 4.78 is 2.08. The number of nitrogens with zero attached hydrogens (tertiary/aromatic N) is 4. The summed E-state index contributed by atoms with van der Waals surface area (Å²) in [6, 6.07) is 8.56. The van der Waals surface area contributed by atoms with Gasteiger partial charge in [-0.1, -0.05) is 6.07 Å². The molecule has 4 heterocycles. The Bertz CT molecular complexity index is 734. The molecule has 1 atom stereocenters. The molecular weight excluding hydrogens is 338 g/mol. The second kappa shape index (κ2) is 8.65. The van der Waals surface area contributed by atoms with Crippen LogP contribution in [0.4, 0.5) is 0 Å². The van der Waals surface area contributed by atoms with Gasteiger partial charge in [-0.05, 0) is 50.3 Å². The zero-order valence-corrected chi connectivity index (χ0v) is 15.9. The summed E-state index contributed by atoms with van der Waals surface area (Å²) in [7, 11) is 0. The number of rotatable bonds is 6. The SMILES string of the molecule is O=C(CCc1cc2n(n1)CCNC2)N1CCCC[C@H]1CCc1ccccn1. The average Bonchev–Trinajstić information content (AvgIpc) is 3.14. The second-order valence-electron chi connectivity index (χ2n) is 7.62. The Balaban J connectivity index is 1.32. The number of hydrogen-bond donors (Lipinski definition) is 1. The van der Waals surface area contributed by atoms with Crippen molar-refractivity contribution in [1.82, 2.24) is 25.0 Å². The van der Waals surface area contributed by atoms with Gasteiger partial charge in [0, 0.05) is 50.4 Å². The van der Waals surface area contributed by atoms with Crippen LogP contribution < -0.4 is 5.32 Å². The van der Waals surface area contributed by atoms with Gasteiger partial charge in [-0.3, -0.25) is 14.5 Å². The highest BCUT2D eigenvalue weighted by molar-refractivity contribution is 5.76. The lowest BCUT2D eigenvalue weighted by molar-refractivity contribution is -0.135. The number of amides is 1. The second-order valence-corrected chi connectivity index (χ2v) is 7.62. The number of nitrogens with one attached hydrogen (secondary N) is 1. The van der Waals surface area contributed by atoms with Crippen LogP contribution in [0.2, 0.25) is 0 Å². The third-order valence-electron chi connectivity index (χ3n) is 5.72. The molecular formula is C21H29N5O. The van der Waals surface area contributed by atoms with E-state index >= 15 is 0 Å². The summed E-state index contributed by atoms with van der Waals surface area (Å²) in [5.41, 5.74) is 3.40. The van der Waals surface area contributed by atoms with Crippen LogP contribution in [0.15, 0.2) is 30.5 Å². The van der Waals surface area contributed by atoms with Gasteiger partial charge in [-0.25, -0.2) is 0 Å². The fourth-order valence-corrected chi connectivity index (χ4v) is 4.24. The largest absolute Gasteiger partial charge is 0.340 e. The van der Waals surface area contributed by atoms with Crippen molar-refractivity contribution >= 4 is 5.91 Å². The van der Waals surface area contributed by atoms with Crippen molar-refractivity contribution in [3.05, 3.63) is 47.5 Å². The van der Waals surface area contributed by atoms with E-state index in [9.17, 15) is 4.79 Å². The highest BCUT2D eigenvalue weighted by atomic mass is 16.2. The molecule has 0 aromatic carbocycles. The lowest BCUT2D eigenvalue weighted by atomic mass is 9.96. The first-order chi connectivity index (χ1) is 13.3. The molecule has 2 aromatic heterocycles. The van der Waals surface area contributed by atoms with Gasteiger partial charge in [-0.2, -0.15) is 5.10 Å². The van der Waals surface area contributed by atoms with Crippen LogP contribution in [-0.4, -0.2) is 44.7 Å². The van der Waals surface area contributed by atoms with Gasteiger partial charge in [0.25, 0.3) is 0 Å². The molecule has 1 saturated heterocycles. The monoisotopic (exact) mass is 367 g/mol. The number of piperidine rings is 1. The molecule has 0 bridgehead atoms. The van der Waals surface area contributed by atoms with Crippen molar-refractivity contribution in [1.29, 1.82) is 0 Å².